The Hall–Kier alpha value is -2.11. The summed E-state index contributed by atoms with van der Waals surface area (Å²) in [4.78, 5) is 12.6. The van der Waals surface area contributed by atoms with Gasteiger partial charge in [0, 0.05) is 16.1 Å². The molecule has 0 saturated heterocycles. The van der Waals surface area contributed by atoms with Crippen molar-refractivity contribution in [1.29, 1.82) is 0 Å². The van der Waals surface area contributed by atoms with Crippen LogP contribution in [-0.4, -0.2) is 21.2 Å². The zero-order valence-electron chi connectivity index (χ0n) is 14.1. The van der Waals surface area contributed by atoms with Gasteiger partial charge in [-0.3, -0.25) is 4.79 Å². The van der Waals surface area contributed by atoms with Gasteiger partial charge in [0.1, 0.15) is 0 Å². The fourth-order valence-corrected chi connectivity index (χ4v) is 3.28. The number of aryl methyl sites for hydroxylation is 2. The van der Waals surface area contributed by atoms with Gasteiger partial charge in [0.25, 0.3) is 5.22 Å². The average Bonchev–Trinajstić information content (AvgIpc) is 3.05. The number of rotatable bonds is 5. The zero-order chi connectivity index (χ0) is 18.0. The molecule has 25 heavy (non-hydrogen) atoms. The van der Waals surface area contributed by atoms with E-state index in [4.69, 9.17) is 16.0 Å². The lowest BCUT2D eigenvalue weighted by molar-refractivity contribution is 0.0993. The Labute approximate surface area is 155 Å². The highest BCUT2D eigenvalue weighted by Crippen LogP contribution is 2.29. The van der Waals surface area contributed by atoms with Crippen molar-refractivity contribution in [2.75, 3.05) is 0 Å². The SMILES string of the molecule is Cc1ccc(C(=O)[C@@H](C)Sc2nnc(-c3cccc(Cl)c3)o2)cc1C. The number of aromatic nitrogens is 2. The third-order valence-corrected chi connectivity index (χ3v) is 5.09. The summed E-state index contributed by atoms with van der Waals surface area (Å²) < 4.78 is 5.65. The van der Waals surface area contributed by atoms with E-state index >= 15 is 0 Å². The van der Waals surface area contributed by atoms with Gasteiger partial charge >= 0.3 is 0 Å². The highest BCUT2D eigenvalue weighted by molar-refractivity contribution is 8.00. The number of hydrogen-bond donors (Lipinski definition) is 0. The Morgan fingerprint density at radius 3 is 2.64 bits per heavy atom. The summed E-state index contributed by atoms with van der Waals surface area (Å²) in [5.41, 5.74) is 3.71. The van der Waals surface area contributed by atoms with E-state index in [2.05, 4.69) is 10.2 Å². The molecule has 0 bridgehead atoms. The normalized spacial score (nSPS) is 12.2. The lowest BCUT2D eigenvalue weighted by Gasteiger charge is -2.09. The highest BCUT2D eigenvalue weighted by atomic mass is 35.5. The number of Topliss-reactive ketones (excluding diaryl/α,β-unsaturated/α-hetero) is 1. The first-order valence-corrected chi connectivity index (χ1v) is 9.07. The van der Waals surface area contributed by atoms with Crippen LogP contribution in [0.3, 0.4) is 0 Å². The molecule has 0 aliphatic carbocycles. The lowest BCUT2D eigenvalue weighted by atomic mass is 10.0. The van der Waals surface area contributed by atoms with E-state index in [1.54, 1.807) is 12.1 Å². The van der Waals surface area contributed by atoms with Crippen molar-refractivity contribution in [3.05, 3.63) is 64.2 Å². The minimum Gasteiger partial charge on any atom is -0.411 e. The Bertz CT molecular complexity index is 923. The second-order valence-electron chi connectivity index (χ2n) is 5.81. The Morgan fingerprint density at radius 1 is 1.12 bits per heavy atom. The maximum atomic E-state index is 12.6. The number of thioether (sulfide) groups is 1. The van der Waals surface area contributed by atoms with Crippen LogP contribution in [0.1, 0.15) is 28.4 Å². The molecular formula is C19H17ClN2O2S. The molecule has 0 spiro atoms. The fraction of sp³-hybridized carbons (Fsp3) is 0.211. The van der Waals surface area contributed by atoms with Crippen LogP contribution in [0, 0.1) is 13.8 Å². The quantitative estimate of drug-likeness (QED) is 0.445. The van der Waals surface area contributed by atoms with E-state index in [9.17, 15) is 4.79 Å². The highest BCUT2D eigenvalue weighted by Gasteiger charge is 2.20. The van der Waals surface area contributed by atoms with E-state index in [0.29, 0.717) is 21.7 Å². The van der Waals surface area contributed by atoms with Crippen LogP contribution in [0.5, 0.6) is 0 Å². The largest absolute Gasteiger partial charge is 0.411 e. The smallest absolute Gasteiger partial charge is 0.277 e. The molecule has 0 radical (unpaired) electrons. The molecule has 0 amide bonds. The minimum absolute atomic E-state index is 0.0376. The summed E-state index contributed by atoms with van der Waals surface area (Å²) in [7, 11) is 0. The molecule has 0 N–H and O–H groups in total. The van der Waals surface area contributed by atoms with E-state index in [1.165, 1.54) is 17.3 Å². The predicted octanol–water partition coefficient (Wildman–Crippen LogP) is 5.37. The van der Waals surface area contributed by atoms with Crippen LogP contribution in [0.15, 0.2) is 52.1 Å². The van der Waals surface area contributed by atoms with Gasteiger partial charge < -0.3 is 4.42 Å². The van der Waals surface area contributed by atoms with Crippen molar-refractivity contribution in [2.24, 2.45) is 0 Å². The average molecular weight is 373 g/mol. The Balaban J connectivity index is 1.74. The maximum absolute atomic E-state index is 12.6. The second kappa shape index (κ2) is 7.42. The van der Waals surface area contributed by atoms with Gasteiger partial charge in [-0.2, -0.15) is 0 Å². The number of carbonyl (C=O) groups excluding carboxylic acids is 1. The summed E-state index contributed by atoms with van der Waals surface area (Å²) in [5, 5.41) is 8.69. The minimum atomic E-state index is -0.324. The summed E-state index contributed by atoms with van der Waals surface area (Å²) in [6.45, 7) is 5.86. The van der Waals surface area contributed by atoms with Crippen molar-refractivity contribution < 1.29 is 9.21 Å². The van der Waals surface area contributed by atoms with Crippen LogP contribution in [0.2, 0.25) is 5.02 Å². The Kier molecular flexibility index (Phi) is 5.25. The van der Waals surface area contributed by atoms with Crippen molar-refractivity contribution in [1.82, 2.24) is 10.2 Å². The van der Waals surface area contributed by atoms with Crippen molar-refractivity contribution in [3.63, 3.8) is 0 Å². The standard InChI is InChI=1S/C19H17ClN2O2S/c1-11-7-8-14(9-12(11)2)17(23)13(3)25-19-22-21-18(24-19)15-5-4-6-16(20)10-15/h4-10,13H,1-3H3/t13-/m1/s1. The summed E-state index contributed by atoms with van der Waals surface area (Å²) >= 11 is 7.23. The number of benzene rings is 2. The third kappa shape index (κ3) is 4.11. The molecule has 6 heteroatoms. The number of ketones is 1. The van der Waals surface area contributed by atoms with E-state index in [0.717, 1.165) is 11.1 Å². The van der Waals surface area contributed by atoms with Crippen LogP contribution in [0.25, 0.3) is 11.5 Å². The van der Waals surface area contributed by atoms with E-state index in [1.807, 2.05) is 51.1 Å². The van der Waals surface area contributed by atoms with Gasteiger partial charge in [-0.25, -0.2) is 0 Å². The molecule has 128 valence electrons. The fourth-order valence-electron chi connectivity index (χ4n) is 2.33. The second-order valence-corrected chi connectivity index (χ2v) is 7.54. The van der Waals surface area contributed by atoms with Gasteiger partial charge in [-0.05, 0) is 56.2 Å². The number of nitrogens with zero attached hydrogens (tertiary/aromatic N) is 2. The molecule has 0 aliphatic rings. The number of hydrogen-bond acceptors (Lipinski definition) is 5. The van der Waals surface area contributed by atoms with Crippen molar-refractivity contribution in [3.8, 4) is 11.5 Å². The van der Waals surface area contributed by atoms with E-state index < -0.39 is 0 Å². The maximum Gasteiger partial charge on any atom is 0.277 e. The van der Waals surface area contributed by atoms with Gasteiger partial charge in [0.2, 0.25) is 5.89 Å². The molecule has 1 aromatic heterocycles. The molecule has 2 aromatic carbocycles. The lowest BCUT2D eigenvalue weighted by Crippen LogP contribution is -2.13. The molecule has 3 rings (SSSR count). The van der Waals surface area contributed by atoms with Crippen LogP contribution < -0.4 is 0 Å². The molecule has 0 saturated carbocycles. The molecule has 0 fully saturated rings. The first-order valence-electron chi connectivity index (χ1n) is 7.81. The molecule has 0 aliphatic heterocycles. The van der Waals surface area contributed by atoms with Crippen molar-refractivity contribution >= 4 is 29.1 Å². The topological polar surface area (TPSA) is 56.0 Å². The summed E-state index contributed by atoms with van der Waals surface area (Å²) in [5.74, 6) is 0.423. The first kappa shape index (κ1) is 17.7. The van der Waals surface area contributed by atoms with Gasteiger partial charge in [0.05, 0.1) is 5.25 Å². The summed E-state index contributed by atoms with van der Waals surface area (Å²) in [6, 6.07) is 12.9. The van der Waals surface area contributed by atoms with Crippen molar-refractivity contribution in [2.45, 2.75) is 31.2 Å². The van der Waals surface area contributed by atoms with Gasteiger partial charge in [-0.15, -0.1) is 10.2 Å². The van der Waals surface area contributed by atoms with Crippen LogP contribution >= 0.6 is 23.4 Å². The molecule has 4 nitrogen and oxygen atoms in total. The van der Waals surface area contributed by atoms with Gasteiger partial charge in [0.15, 0.2) is 5.78 Å². The van der Waals surface area contributed by atoms with E-state index in [-0.39, 0.29) is 11.0 Å². The Morgan fingerprint density at radius 2 is 1.92 bits per heavy atom. The molecule has 0 unspecified atom stereocenters. The molecular weight excluding hydrogens is 356 g/mol. The first-order chi connectivity index (χ1) is 11.9. The van der Waals surface area contributed by atoms with Gasteiger partial charge in [-0.1, -0.05) is 41.6 Å². The zero-order valence-corrected chi connectivity index (χ0v) is 15.7. The van der Waals surface area contributed by atoms with Crippen LogP contribution in [-0.2, 0) is 0 Å². The molecule has 3 aromatic rings. The van der Waals surface area contributed by atoms with Crippen LogP contribution in [0.4, 0.5) is 0 Å². The number of halogens is 1. The third-order valence-electron chi connectivity index (χ3n) is 3.92. The summed E-state index contributed by atoms with van der Waals surface area (Å²) in [6.07, 6.45) is 0. The number of carbonyl (C=O) groups is 1. The predicted molar refractivity (Wildman–Crippen MR) is 100 cm³/mol. The molecule has 1 heterocycles. The molecule has 1 atom stereocenters. The monoisotopic (exact) mass is 372 g/mol.